The van der Waals surface area contributed by atoms with E-state index in [-0.39, 0.29) is 11.9 Å². The Kier molecular flexibility index (Phi) is 4.15. The van der Waals surface area contributed by atoms with Crippen molar-refractivity contribution in [2.45, 2.75) is 23.6 Å². The summed E-state index contributed by atoms with van der Waals surface area (Å²) >= 11 is 3.18. The van der Waals surface area contributed by atoms with Gasteiger partial charge in [0, 0.05) is 16.3 Å². The molecule has 0 fully saturated rings. The summed E-state index contributed by atoms with van der Waals surface area (Å²) in [7, 11) is 0. The second-order valence-electron chi connectivity index (χ2n) is 3.70. The van der Waals surface area contributed by atoms with Crippen LogP contribution in [0.25, 0.3) is 0 Å². The maximum atomic E-state index is 13.0. The summed E-state index contributed by atoms with van der Waals surface area (Å²) in [6.07, 6.45) is 0. The van der Waals surface area contributed by atoms with Crippen molar-refractivity contribution in [1.29, 1.82) is 0 Å². The average Bonchev–Trinajstić information content (AvgIpc) is 2.75. The fourth-order valence-corrected chi connectivity index (χ4v) is 3.16. The van der Waals surface area contributed by atoms with Gasteiger partial charge in [-0.05, 0) is 25.1 Å². The lowest BCUT2D eigenvalue weighted by Crippen LogP contribution is -2.05. The van der Waals surface area contributed by atoms with Crippen LogP contribution in [0.15, 0.2) is 34.5 Å². The quantitative estimate of drug-likeness (QED) is 0.861. The van der Waals surface area contributed by atoms with Gasteiger partial charge in [0.25, 0.3) is 0 Å². The second kappa shape index (κ2) is 5.62. The first-order valence-electron chi connectivity index (χ1n) is 5.23. The number of aromatic nitrogens is 1. The summed E-state index contributed by atoms with van der Waals surface area (Å²) in [4.78, 5) is 5.35. The zero-order valence-electron chi connectivity index (χ0n) is 9.39. The summed E-state index contributed by atoms with van der Waals surface area (Å²) < 4.78 is 13.0. The van der Waals surface area contributed by atoms with Crippen molar-refractivity contribution in [2.24, 2.45) is 5.73 Å². The molecule has 0 bridgehead atoms. The molecule has 5 heteroatoms. The van der Waals surface area contributed by atoms with Crippen LogP contribution in [0.5, 0.6) is 0 Å². The standard InChI is InChI=1S/C12H13FN2S2/c1-8(14)11-6-17-12(15-11)7-16-10-4-2-3-9(13)5-10/h2-6,8H,7,14H2,1H3. The Morgan fingerprint density at radius 1 is 1.53 bits per heavy atom. The molecule has 2 rings (SSSR count). The molecule has 90 valence electrons. The lowest BCUT2D eigenvalue weighted by molar-refractivity contribution is 0.624. The van der Waals surface area contributed by atoms with E-state index in [0.29, 0.717) is 0 Å². The number of nitrogens with zero attached hydrogens (tertiary/aromatic N) is 1. The molecule has 1 aromatic heterocycles. The van der Waals surface area contributed by atoms with E-state index in [9.17, 15) is 4.39 Å². The third-order valence-corrected chi connectivity index (χ3v) is 4.25. The first-order valence-corrected chi connectivity index (χ1v) is 7.10. The van der Waals surface area contributed by atoms with Crippen LogP contribution in [0, 0.1) is 5.82 Å². The topological polar surface area (TPSA) is 38.9 Å². The van der Waals surface area contributed by atoms with Crippen molar-refractivity contribution < 1.29 is 4.39 Å². The summed E-state index contributed by atoms with van der Waals surface area (Å²) in [5.41, 5.74) is 6.66. The minimum atomic E-state index is -0.203. The third-order valence-electron chi connectivity index (χ3n) is 2.19. The molecule has 1 unspecified atom stereocenters. The minimum absolute atomic E-state index is 0.0285. The van der Waals surface area contributed by atoms with Crippen LogP contribution in [0.3, 0.4) is 0 Å². The second-order valence-corrected chi connectivity index (χ2v) is 5.69. The number of rotatable bonds is 4. The smallest absolute Gasteiger partial charge is 0.124 e. The summed E-state index contributed by atoms with van der Waals surface area (Å²) in [5.74, 6) is 0.548. The van der Waals surface area contributed by atoms with Gasteiger partial charge in [-0.2, -0.15) is 0 Å². The minimum Gasteiger partial charge on any atom is -0.323 e. The van der Waals surface area contributed by atoms with Gasteiger partial charge >= 0.3 is 0 Å². The molecular weight excluding hydrogens is 255 g/mol. The predicted octanol–water partition coefficient (Wildman–Crippen LogP) is 3.59. The zero-order valence-corrected chi connectivity index (χ0v) is 11.0. The van der Waals surface area contributed by atoms with Crippen LogP contribution in [0.1, 0.15) is 23.7 Å². The van der Waals surface area contributed by atoms with E-state index in [1.54, 1.807) is 29.2 Å². The van der Waals surface area contributed by atoms with Gasteiger partial charge in [-0.1, -0.05) is 6.07 Å². The van der Waals surface area contributed by atoms with Crippen LogP contribution in [0.4, 0.5) is 4.39 Å². The molecule has 0 spiro atoms. The Bertz CT molecular complexity index is 497. The Labute approximate surface area is 108 Å². The molecule has 2 N–H and O–H groups in total. The fraction of sp³-hybridized carbons (Fsp3) is 0.250. The molecule has 0 aliphatic carbocycles. The van der Waals surface area contributed by atoms with E-state index in [4.69, 9.17) is 5.73 Å². The normalized spacial score (nSPS) is 12.6. The van der Waals surface area contributed by atoms with Crippen molar-refractivity contribution in [3.8, 4) is 0 Å². The molecule has 1 atom stereocenters. The average molecular weight is 268 g/mol. The molecule has 2 nitrogen and oxygen atoms in total. The van der Waals surface area contributed by atoms with Crippen molar-refractivity contribution in [2.75, 3.05) is 0 Å². The summed E-state index contributed by atoms with van der Waals surface area (Å²) in [6.45, 7) is 1.92. The molecule has 0 saturated heterocycles. The Hall–Kier alpha value is -0.910. The molecule has 0 amide bonds. The molecular formula is C12H13FN2S2. The van der Waals surface area contributed by atoms with Crippen molar-refractivity contribution in [1.82, 2.24) is 4.98 Å². The number of thiazole rings is 1. The monoisotopic (exact) mass is 268 g/mol. The van der Waals surface area contributed by atoms with Crippen molar-refractivity contribution in [3.63, 3.8) is 0 Å². The van der Waals surface area contributed by atoms with E-state index in [1.165, 1.54) is 12.1 Å². The van der Waals surface area contributed by atoms with Gasteiger partial charge in [0.15, 0.2) is 0 Å². The molecule has 0 radical (unpaired) electrons. The first kappa shape index (κ1) is 12.5. The maximum Gasteiger partial charge on any atom is 0.124 e. The molecule has 0 aliphatic rings. The zero-order chi connectivity index (χ0) is 12.3. The van der Waals surface area contributed by atoms with E-state index in [0.717, 1.165) is 21.3 Å². The molecule has 1 heterocycles. The van der Waals surface area contributed by atoms with Crippen LogP contribution in [-0.2, 0) is 5.75 Å². The fourth-order valence-electron chi connectivity index (χ4n) is 1.30. The predicted molar refractivity (Wildman–Crippen MR) is 70.7 cm³/mol. The van der Waals surface area contributed by atoms with Crippen molar-refractivity contribution in [3.05, 3.63) is 46.2 Å². The Morgan fingerprint density at radius 2 is 2.35 bits per heavy atom. The van der Waals surface area contributed by atoms with Crippen LogP contribution >= 0.6 is 23.1 Å². The van der Waals surface area contributed by atoms with Crippen LogP contribution < -0.4 is 5.73 Å². The Morgan fingerprint density at radius 3 is 3.00 bits per heavy atom. The molecule has 0 aliphatic heterocycles. The van der Waals surface area contributed by atoms with E-state index >= 15 is 0 Å². The van der Waals surface area contributed by atoms with E-state index in [2.05, 4.69) is 4.98 Å². The van der Waals surface area contributed by atoms with Crippen LogP contribution in [-0.4, -0.2) is 4.98 Å². The summed E-state index contributed by atoms with van der Waals surface area (Å²) in [5, 5.41) is 3.00. The van der Waals surface area contributed by atoms with Gasteiger partial charge in [-0.25, -0.2) is 9.37 Å². The third kappa shape index (κ3) is 3.52. The number of nitrogens with two attached hydrogens (primary N) is 1. The van der Waals surface area contributed by atoms with E-state index in [1.807, 2.05) is 18.4 Å². The van der Waals surface area contributed by atoms with Gasteiger partial charge in [0.1, 0.15) is 10.8 Å². The number of hydrogen-bond acceptors (Lipinski definition) is 4. The highest BCUT2D eigenvalue weighted by Gasteiger charge is 2.06. The lowest BCUT2D eigenvalue weighted by atomic mass is 10.3. The van der Waals surface area contributed by atoms with Gasteiger partial charge in [0.05, 0.1) is 11.4 Å². The highest BCUT2D eigenvalue weighted by Crippen LogP contribution is 2.25. The van der Waals surface area contributed by atoms with Gasteiger partial charge in [-0.3, -0.25) is 0 Å². The molecule has 1 aromatic carbocycles. The maximum absolute atomic E-state index is 13.0. The highest BCUT2D eigenvalue weighted by atomic mass is 32.2. The number of benzene rings is 1. The number of halogens is 1. The highest BCUT2D eigenvalue weighted by molar-refractivity contribution is 7.98. The molecule has 2 aromatic rings. The van der Waals surface area contributed by atoms with Gasteiger partial charge in [0.2, 0.25) is 0 Å². The lowest BCUT2D eigenvalue weighted by Gasteiger charge is -2.00. The Balaban J connectivity index is 1.97. The number of hydrogen-bond donors (Lipinski definition) is 1. The first-order chi connectivity index (χ1) is 8.15. The molecule has 0 saturated carbocycles. The van der Waals surface area contributed by atoms with Gasteiger partial charge in [-0.15, -0.1) is 23.1 Å². The number of thioether (sulfide) groups is 1. The van der Waals surface area contributed by atoms with E-state index < -0.39 is 0 Å². The SMILES string of the molecule is CC(N)c1csc(CSc2cccc(F)c2)n1. The largest absolute Gasteiger partial charge is 0.323 e. The molecule has 17 heavy (non-hydrogen) atoms. The van der Waals surface area contributed by atoms with Crippen LogP contribution in [0.2, 0.25) is 0 Å². The van der Waals surface area contributed by atoms with Crippen molar-refractivity contribution >= 4 is 23.1 Å². The van der Waals surface area contributed by atoms with Gasteiger partial charge < -0.3 is 5.73 Å². The summed E-state index contributed by atoms with van der Waals surface area (Å²) in [6, 6.07) is 6.56.